The number of thiophene rings is 1. The predicted octanol–water partition coefficient (Wildman–Crippen LogP) is 35.4. The average molecular weight is 1860 g/mol. The van der Waals surface area contributed by atoms with Gasteiger partial charge in [-0.05, 0) is 253 Å². The van der Waals surface area contributed by atoms with Crippen molar-refractivity contribution in [3.8, 4) is 102 Å². The summed E-state index contributed by atoms with van der Waals surface area (Å²) in [4.78, 5) is 33.0. The van der Waals surface area contributed by atoms with E-state index in [-0.39, 0.29) is 0 Å². The second-order valence-corrected chi connectivity index (χ2v) is 38.9. The van der Waals surface area contributed by atoms with Crippen LogP contribution in [0.15, 0.2) is 485 Å². The molecule has 0 fully saturated rings. The van der Waals surface area contributed by atoms with E-state index in [1.165, 1.54) is 96.5 Å². The van der Waals surface area contributed by atoms with Gasteiger partial charge in [-0.15, -0.1) is 11.3 Å². The van der Waals surface area contributed by atoms with Crippen LogP contribution in [0.25, 0.3) is 296 Å². The monoisotopic (exact) mass is 1860 g/mol. The van der Waals surface area contributed by atoms with Crippen molar-refractivity contribution in [2.45, 2.75) is 0 Å². The standard InChI is InChI=1S/C67H39N5S.C67H41N5/c1-3-17-45-42(15-1)37-57(49-21-7-5-19-47(45)49)65-68-66(58-38-43-16-2-4-18-46(43)48-20-6-8-22-50(48)58)70-67(69-65)72-60-27-13-10-24-52(60)55-36-41(30-33-62(55)72)40-29-32-61-54(35-40)51-23-9-12-26-59(51)71(61)44-31-34-64-56(39-44)53-25-11-14-28-63(53)73-64;1-2-17-42(18-3-1)43-21-16-22-48(37-43)71-61-31-14-12-29-55(61)57-38-44(33-35-63(57)71)45-34-36-64-58(39-45)56-30-13-15-32-62(56)72(64)67-69-65(59-40-46-19-4-6-23-49(46)51-25-8-10-27-53(51)59)68-66(70-67)60-41-47-20-5-7-24-50(47)52-26-9-11-28-54(52)60/h1-39H;1-41H. The number of rotatable bonds is 11. The highest BCUT2D eigenvalue weighted by molar-refractivity contribution is 7.25. The van der Waals surface area contributed by atoms with Crippen molar-refractivity contribution in [1.29, 1.82) is 0 Å². The number of aromatic nitrogens is 10. The van der Waals surface area contributed by atoms with Crippen LogP contribution in [0.3, 0.4) is 0 Å². The zero-order chi connectivity index (χ0) is 95.0. The summed E-state index contributed by atoms with van der Waals surface area (Å²) in [5.74, 6) is 3.62. The largest absolute Gasteiger partial charge is 0.309 e. The molecule has 7 heterocycles. The minimum absolute atomic E-state index is 0.564. The fourth-order valence-electron chi connectivity index (χ4n) is 23.3. The molecule has 10 nitrogen and oxygen atoms in total. The van der Waals surface area contributed by atoms with Gasteiger partial charge < -0.3 is 9.13 Å². The first-order chi connectivity index (χ1) is 71.9. The number of para-hydroxylation sites is 4. The van der Waals surface area contributed by atoms with Crippen molar-refractivity contribution >= 4 is 205 Å². The lowest BCUT2D eigenvalue weighted by atomic mass is 9.96. The van der Waals surface area contributed by atoms with Gasteiger partial charge in [0.2, 0.25) is 11.9 Å². The van der Waals surface area contributed by atoms with Crippen LogP contribution >= 0.6 is 11.3 Å². The molecular formula is C134H80N10S. The predicted molar refractivity (Wildman–Crippen MR) is 608 cm³/mol. The highest BCUT2D eigenvalue weighted by Gasteiger charge is 2.28. The summed E-state index contributed by atoms with van der Waals surface area (Å²) >= 11 is 1.86. The summed E-state index contributed by atoms with van der Waals surface area (Å²) in [6.07, 6.45) is 0. The number of hydrogen-bond acceptors (Lipinski definition) is 7. The van der Waals surface area contributed by atoms with Gasteiger partial charge in [0, 0.05) is 96.9 Å². The molecule has 0 N–H and O–H groups in total. The number of nitrogens with zero attached hydrogens (tertiary/aromatic N) is 10. The van der Waals surface area contributed by atoms with Crippen LogP contribution in [0, 0.1) is 0 Å². The fraction of sp³-hybridized carbons (Fsp3) is 0. The molecule has 0 spiro atoms. The maximum Gasteiger partial charge on any atom is 0.238 e. The second kappa shape index (κ2) is 32.7. The van der Waals surface area contributed by atoms with Crippen LogP contribution in [-0.2, 0) is 0 Å². The third-order valence-electron chi connectivity index (χ3n) is 29.9. The van der Waals surface area contributed by atoms with Crippen molar-refractivity contribution in [1.82, 2.24) is 48.2 Å². The van der Waals surface area contributed by atoms with Crippen molar-refractivity contribution in [2.24, 2.45) is 0 Å². The van der Waals surface area contributed by atoms with E-state index in [1.54, 1.807) is 0 Å². The molecule has 0 amide bonds. The highest BCUT2D eigenvalue weighted by atomic mass is 32.1. The smallest absolute Gasteiger partial charge is 0.238 e. The first-order valence-electron chi connectivity index (χ1n) is 49.3. The average Bonchev–Trinajstić information content (AvgIpc) is 1.57. The molecule has 672 valence electrons. The zero-order valence-corrected chi connectivity index (χ0v) is 78.9. The van der Waals surface area contributed by atoms with E-state index < -0.39 is 0 Å². The highest BCUT2D eigenvalue weighted by Crippen LogP contribution is 2.48. The summed E-state index contributed by atoms with van der Waals surface area (Å²) in [6, 6.07) is 175. The molecule has 11 heteroatoms. The molecule has 0 bridgehead atoms. The van der Waals surface area contributed by atoms with Crippen LogP contribution in [0.5, 0.6) is 0 Å². The lowest BCUT2D eigenvalue weighted by molar-refractivity contribution is 0.955. The second-order valence-electron chi connectivity index (χ2n) is 37.9. The molecule has 0 radical (unpaired) electrons. The Morgan fingerprint density at radius 3 is 0.766 bits per heavy atom. The van der Waals surface area contributed by atoms with E-state index in [9.17, 15) is 0 Å². The van der Waals surface area contributed by atoms with Gasteiger partial charge in [0.25, 0.3) is 0 Å². The molecule has 0 saturated carbocycles. The molecule has 0 saturated heterocycles. The van der Waals surface area contributed by atoms with E-state index in [0.29, 0.717) is 35.2 Å². The Hall–Kier alpha value is -19.2. The van der Waals surface area contributed by atoms with Crippen molar-refractivity contribution < 1.29 is 0 Å². The molecular weight excluding hydrogens is 1780 g/mol. The van der Waals surface area contributed by atoms with Crippen molar-refractivity contribution in [3.63, 3.8) is 0 Å². The minimum atomic E-state index is 0.564. The molecule has 145 heavy (non-hydrogen) atoms. The SMILES string of the molecule is c1ccc(-c2cccc(-n3c4ccccc4c4cc(-c5ccc6c(c5)c5ccccc5n6-c5nc(-c6cc7ccccc7c7ccccc67)nc(-c6cc7ccccc7c7ccccc67)n5)ccc43)c2)cc1.c1ccc2c(c1)cc(-c1nc(-c3cc4ccccc4c4ccccc34)nc(-n3c4ccccc4c4cc(-c5ccc6c(c5)c5ccccc5n6-c5ccc6sc7ccccc7c6c5)ccc43)n1)c1ccccc12. The van der Waals surface area contributed by atoms with Crippen molar-refractivity contribution in [2.75, 3.05) is 0 Å². The first kappa shape index (κ1) is 81.8. The number of fused-ring (bicyclic) bond motifs is 27. The summed E-state index contributed by atoms with van der Waals surface area (Å²) < 4.78 is 11.9. The fourth-order valence-corrected chi connectivity index (χ4v) is 24.4. The Bertz CT molecular complexity index is 10700. The topological polar surface area (TPSA) is 97.1 Å². The van der Waals surface area contributed by atoms with Gasteiger partial charge in [0.15, 0.2) is 23.3 Å². The maximum absolute atomic E-state index is 5.51. The summed E-state index contributed by atoms with van der Waals surface area (Å²) in [5.41, 5.74) is 21.9. The molecule has 31 aromatic rings. The van der Waals surface area contributed by atoms with Gasteiger partial charge in [-0.25, -0.2) is 9.97 Å². The quantitative estimate of drug-likeness (QED) is 0.120. The third kappa shape index (κ3) is 13.1. The molecule has 0 unspecified atom stereocenters. The van der Waals surface area contributed by atoms with E-state index in [1.807, 2.05) is 11.3 Å². The van der Waals surface area contributed by atoms with Gasteiger partial charge >= 0.3 is 0 Å². The van der Waals surface area contributed by atoms with E-state index in [4.69, 9.17) is 29.9 Å². The molecule has 31 rings (SSSR count). The van der Waals surface area contributed by atoms with Crippen LogP contribution in [0.1, 0.15) is 0 Å². The van der Waals surface area contributed by atoms with Crippen LogP contribution in [0.4, 0.5) is 0 Å². The normalized spacial score (nSPS) is 12.0. The van der Waals surface area contributed by atoms with E-state index in [0.717, 1.165) is 164 Å². The first-order valence-corrected chi connectivity index (χ1v) is 50.1. The Balaban J connectivity index is 0.000000135. The Labute approximate surface area is 834 Å². The Morgan fingerprint density at radius 1 is 0.138 bits per heavy atom. The van der Waals surface area contributed by atoms with Gasteiger partial charge in [-0.2, -0.15) is 19.9 Å². The van der Waals surface area contributed by atoms with Gasteiger partial charge in [0.05, 0.1) is 44.1 Å². The third-order valence-corrected chi connectivity index (χ3v) is 31.0. The van der Waals surface area contributed by atoms with Gasteiger partial charge in [0.1, 0.15) is 0 Å². The summed E-state index contributed by atoms with van der Waals surface area (Å²) in [5, 5.41) is 30.3. The molecule has 0 atom stereocenters. The molecule has 0 aliphatic rings. The van der Waals surface area contributed by atoms with Crippen LogP contribution < -0.4 is 0 Å². The minimum Gasteiger partial charge on any atom is -0.309 e. The van der Waals surface area contributed by atoms with Gasteiger partial charge in [-0.1, -0.05) is 352 Å². The summed E-state index contributed by atoms with van der Waals surface area (Å²) in [7, 11) is 0. The Morgan fingerprint density at radius 2 is 0.400 bits per heavy atom. The van der Waals surface area contributed by atoms with Crippen LogP contribution in [0.2, 0.25) is 0 Å². The van der Waals surface area contributed by atoms with Crippen molar-refractivity contribution in [3.05, 3.63) is 485 Å². The summed E-state index contributed by atoms with van der Waals surface area (Å²) in [6.45, 7) is 0. The molecule has 24 aromatic carbocycles. The van der Waals surface area contributed by atoms with Crippen LogP contribution in [-0.4, -0.2) is 48.2 Å². The zero-order valence-electron chi connectivity index (χ0n) is 78.1. The van der Waals surface area contributed by atoms with E-state index >= 15 is 0 Å². The number of benzene rings is 24. The van der Waals surface area contributed by atoms with Gasteiger partial charge in [-0.3, -0.25) is 9.13 Å². The lowest BCUT2D eigenvalue weighted by Crippen LogP contribution is -2.07. The Kier molecular flexibility index (Phi) is 18.4. The van der Waals surface area contributed by atoms with E-state index in [2.05, 4.69) is 504 Å². The number of hydrogen-bond donors (Lipinski definition) is 0. The lowest BCUT2D eigenvalue weighted by Gasteiger charge is -2.15. The maximum atomic E-state index is 5.51. The molecule has 0 aliphatic heterocycles. The molecule has 7 aromatic heterocycles. The molecule has 0 aliphatic carbocycles.